The van der Waals surface area contributed by atoms with Gasteiger partial charge in [0.25, 0.3) is 0 Å². The molecule has 0 unspecified atom stereocenters. The van der Waals surface area contributed by atoms with Gasteiger partial charge in [-0.3, -0.25) is 0 Å². The van der Waals surface area contributed by atoms with Crippen LogP contribution in [-0.2, 0) is 11.8 Å². The molecule has 7 aromatic rings. The van der Waals surface area contributed by atoms with E-state index in [2.05, 4.69) is 97.3 Å². The van der Waals surface area contributed by atoms with Crippen LogP contribution in [0.15, 0.2) is 94.9 Å². The Bertz CT molecular complexity index is 2540. The number of nitriles is 2. The van der Waals surface area contributed by atoms with Crippen LogP contribution in [0, 0.1) is 34.8 Å². The summed E-state index contributed by atoms with van der Waals surface area (Å²) in [4.78, 5) is 0. The highest BCUT2D eigenvalue weighted by Gasteiger charge is 2.36. The maximum Gasteiger partial charge on any atom is 0.145 e. The van der Waals surface area contributed by atoms with Crippen molar-refractivity contribution in [2.24, 2.45) is 0 Å². The molecular weight excluding hydrogens is 550 g/mol. The molecule has 0 fully saturated rings. The van der Waals surface area contributed by atoms with Crippen molar-refractivity contribution in [3.05, 3.63) is 131 Å². The van der Waals surface area contributed by atoms with E-state index < -0.39 is 0 Å². The Hall–Kier alpha value is -6.02. The molecule has 2 heterocycles. The molecule has 2 aliphatic carbocycles. The van der Waals surface area contributed by atoms with Gasteiger partial charge in [-0.1, -0.05) is 74.5 Å². The van der Waals surface area contributed by atoms with E-state index in [0.717, 1.165) is 67.3 Å². The minimum atomic E-state index is -0.122. The Morgan fingerprint density at radius 3 is 2.49 bits per heavy atom. The third kappa shape index (κ3) is 3.42. The maximum atomic E-state index is 10.3. The van der Waals surface area contributed by atoms with Gasteiger partial charge in [-0.2, -0.15) is 10.5 Å². The molecule has 4 nitrogen and oxygen atoms in total. The first-order valence-electron chi connectivity index (χ1n) is 15.2. The molecule has 0 radical (unpaired) electrons. The van der Waals surface area contributed by atoms with Crippen LogP contribution in [0.3, 0.4) is 0 Å². The quantitative estimate of drug-likeness (QED) is 0.206. The lowest BCUT2D eigenvalue weighted by atomic mass is 9.82. The largest absolute Gasteiger partial charge is 0.455 e. The fraction of sp³-hybridized carbons (Fsp3) is 0.122. The van der Waals surface area contributed by atoms with Gasteiger partial charge in [0.2, 0.25) is 0 Å². The summed E-state index contributed by atoms with van der Waals surface area (Å²) in [6.45, 7) is 4.54. The van der Waals surface area contributed by atoms with E-state index in [9.17, 15) is 10.5 Å². The van der Waals surface area contributed by atoms with Crippen LogP contribution in [-0.4, -0.2) is 4.57 Å². The zero-order valence-electron chi connectivity index (χ0n) is 24.8. The molecule has 0 saturated carbocycles. The summed E-state index contributed by atoms with van der Waals surface area (Å²) < 4.78 is 8.80. The van der Waals surface area contributed by atoms with Crippen molar-refractivity contribution >= 4 is 38.9 Å². The Morgan fingerprint density at radius 2 is 1.62 bits per heavy atom. The van der Waals surface area contributed by atoms with Crippen LogP contribution >= 0.6 is 0 Å². The number of nitrogens with zero attached hydrogens (tertiary/aromatic N) is 3. The Labute approximate surface area is 260 Å². The minimum Gasteiger partial charge on any atom is -0.455 e. The Morgan fingerprint density at radius 1 is 0.778 bits per heavy atom. The summed E-state index contributed by atoms with van der Waals surface area (Å²) in [5.41, 5.74) is 13.5. The van der Waals surface area contributed by atoms with Crippen molar-refractivity contribution < 1.29 is 4.42 Å². The summed E-state index contributed by atoms with van der Waals surface area (Å²) >= 11 is 0. The van der Waals surface area contributed by atoms with Crippen molar-refractivity contribution in [2.75, 3.05) is 0 Å². The van der Waals surface area contributed by atoms with Crippen molar-refractivity contribution in [3.8, 4) is 40.1 Å². The summed E-state index contributed by atoms with van der Waals surface area (Å²) in [5, 5.41) is 23.0. The zero-order chi connectivity index (χ0) is 30.4. The molecule has 0 saturated heterocycles. The molecule has 2 aromatic heterocycles. The van der Waals surface area contributed by atoms with Gasteiger partial charge in [0.15, 0.2) is 0 Å². The molecule has 5 aromatic carbocycles. The monoisotopic (exact) mass is 575 g/mol. The van der Waals surface area contributed by atoms with Gasteiger partial charge in [0.05, 0.1) is 34.3 Å². The van der Waals surface area contributed by atoms with Crippen LogP contribution in [0.2, 0.25) is 0 Å². The first-order chi connectivity index (χ1) is 22.0. The molecule has 9 rings (SSSR count). The van der Waals surface area contributed by atoms with Crippen LogP contribution in [0.5, 0.6) is 0 Å². The third-order valence-electron chi connectivity index (χ3n) is 9.80. The van der Waals surface area contributed by atoms with Gasteiger partial charge in [-0.25, -0.2) is 0 Å². The van der Waals surface area contributed by atoms with E-state index >= 15 is 0 Å². The van der Waals surface area contributed by atoms with Crippen LogP contribution in [0.25, 0.3) is 66.9 Å². The van der Waals surface area contributed by atoms with Crippen molar-refractivity contribution in [1.82, 2.24) is 4.57 Å². The lowest BCUT2D eigenvalue weighted by Crippen LogP contribution is -2.14. The topological polar surface area (TPSA) is 65.7 Å². The van der Waals surface area contributed by atoms with Gasteiger partial charge in [0.1, 0.15) is 11.2 Å². The van der Waals surface area contributed by atoms with Crippen LogP contribution in [0.4, 0.5) is 0 Å². The predicted molar refractivity (Wildman–Crippen MR) is 178 cm³/mol. The number of hydrogen-bond acceptors (Lipinski definition) is 3. The number of aromatic nitrogens is 1. The van der Waals surface area contributed by atoms with E-state index in [1.165, 1.54) is 22.3 Å². The molecule has 0 bridgehead atoms. The van der Waals surface area contributed by atoms with E-state index in [1.807, 2.05) is 36.4 Å². The number of para-hydroxylation sites is 1. The summed E-state index contributed by atoms with van der Waals surface area (Å²) in [7, 11) is 0. The zero-order valence-corrected chi connectivity index (χ0v) is 24.8. The van der Waals surface area contributed by atoms with Gasteiger partial charge in [0, 0.05) is 44.1 Å². The third-order valence-corrected chi connectivity index (χ3v) is 9.80. The molecule has 2 aliphatic rings. The highest BCUT2D eigenvalue weighted by molar-refractivity contribution is 6.08. The molecule has 0 N–H and O–H groups in total. The lowest BCUT2D eigenvalue weighted by molar-refractivity contribution is 0.647. The molecule has 0 atom stereocenters. The SMILES string of the molecule is CC1(C)c2ccccc2-c2cc3c(cc21)oc1cc(-c2c(C#N)cccc2-n2c4c(c5ccccc52)C=C(C#N)CC4)c#cc13. The second-order valence-electron chi connectivity index (χ2n) is 12.5. The van der Waals surface area contributed by atoms with E-state index in [1.54, 1.807) is 0 Å². The molecule has 45 heavy (non-hydrogen) atoms. The fourth-order valence-corrected chi connectivity index (χ4v) is 7.66. The lowest BCUT2D eigenvalue weighted by Gasteiger charge is -2.21. The second kappa shape index (κ2) is 9.00. The van der Waals surface area contributed by atoms with Gasteiger partial charge >= 0.3 is 0 Å². The Kier molecular flexibility index (Phi) is 5.09. The number of allylic oxidation sites excluding steroid dienone is 1. The smallest absolute Gasteiger partial charge is 0.145 e. The molecular formula is C41H25N3O. The number of rotatable bonds is 2. The number of benzene rings is 4. The average Bonchev–Trinajstić information content (AvgIpc) is 3.68. The summed E-state index contributed by atoms with van der Waals surface area (Å²) in [6.07, 6.45) is 3.44. The molecule has 0 amide bonds. The molecule has 4 heteroatoms. The van der Waals surface area contributed by atoms with Gasteiger partial charge in [-0.15, -0.1) is 0 Å². The maximum absolute atomic E-state index is 10.3. The Balaban J connectivity index is 1.27. The molecule has 210 valence electrons. The number of hydrogen-bond donors (Lipinski definition) is 0. The van der Waals surface area contributed by atoms with Crippen molar-refractivity contribution in [2.45, 2.75) is 32.1 Å². The first-order valence-corrected chi connectivity index (χ1v) is 15.2. The minimum absolute atomic E-state index is 0.122. The fourth-order valence-electron chi connectivity index (χ4n) is 7.66. The normalized spacial score (nSPS) is 14.4. The number of furan rings is 1. The predicted octanol–water partition coefficient (Wildman–Crippen LogP) is 9.83. The van der Waals surface area contributed by atoms with Gasteiger partial charge in [-0.05, 0) is 77.6 Å². The average molecular weight is 576 g/mol. The van der Waals surface area contributed by atoms with E-state index in [0.29, 0.717) is 17.6 Å². The summed E-state index contributed by atoms with van der Waals surface area (Å²) in [6, 6.07) is 40.8. The molecule has 0 aliphatic heterocycles. The summed E-state index contributed by atoms with van der Waals surface area (Å²) in [5.74, 6) is 0. The standard InChI is InChI=1S/C41H25N3O/c1-41(2)33-11-5-3-9-27(33)30-20-32-29-16-15-25(19-38(29)45-39(32)21-34(30)41)40-26(23-43)8-7-13-37(40)44-35-12-6-4-10-28(35)31-18-24(22-42)14-17-36(31)44/h3-13,18-21H,14,17H2,1-2H3. The second-order valence-corrected chi connectivity index (χ2v) is 12.5. The van der Waals surface area contributed by atoms with E-state index in [-0.39, 0.29) is 5.41 Å². The van der Waals surface area contributed by atoms with Crippen LogP contribution < -0.4 is 0 Å². The first kappa shape index (κ1) is 25.5. The van der Waals surface area contributed by atoms with Crippen molar-refractivity contribution in [3.63, 3.8) is 0 Å². The van der Waals surface area contributed by atoms with Crippen molar-refractivity contribution in [1.29, 1.82) is 10.5 Å². The molecule has 0 spiro atoms. The van der Waals surface area contributed by atoms with Gasteiger partial charge < -0.3 is 8.98 Å². The van der Waals surface area contributed by atoms with E-state index in [4.69, 9.17) is 4.42 Å². The van der Waals surface area contributed by atoms with Crippen LogP contribution in [0.1, 0.15) is 48.2 Å². The highest BCUT2D eigenvalue weighted by Crippen LogP contribution is 2.50. The number of fused-ring (bicyclic) bond motifs is 9. The highest BCUT2D eigenvalue weighted by atomic mass is 16.3.